The lowest BCUT2D eigenvalue weighted by Gasteiger charge is -2.15. The minimum atomic E-state index is -1.20. The van der Waals surface area contributed by atoms with Gasteiger partial charge in [0, 0.05) is 12.1 Å². The summed E-state index contributed by atoms with van der Waals surface area (Å²) in [6, 6.07) is 8.34. The van der Waals surface area contributed by atoms with Crippen LogP contribution in [-0.4, -0.2) is 30.0 Å². The third-order valence-corrected chi connectivity index (χ3v) is 3.38. The van der Waals surface area contributed by atoms with Crippen molar-refractivity contribution in [2.24, 2.45) is 0 Å². The molecule has 2 aromatic carbocycles. The van der Waals surface area contributed by atoms with E-state index >= 15 is 0 Å². The number of carbonyl (C=O) groups is 2. The van der Waals surface area contributed by atoms with E-state index in [0.29, 0.717) is 0 Å². The number of esters is 1. The van der Waals surface area contributed by atoms with Gasteiger partial charge in [0.1, 0.15) is 11.6 Å². The predicted molar refractivity (Wildman–Crippen MR) is 89.6 cm³/mol. The zero-order valence-corrected chi connectivity index (χ0v) is 13.9. The number of nitrogens with zero attached hydrogens (tertiary/aromatic N) is 1. The molecule has 0 aliphatic heterocycles. The highest BCUT2D eigenvalue weighted by molar-refractivity contribution is 5.98. The van der Waals surface area contributed by atoms with Gasteiger partial charge in [-0.1, -0.05) is 0 Å². The molecule has 0 unspecified atom stereocenters. The van der Waals surface area contributed by atoms with Crippen LogP contribution in [0.1, 0.15) is 17.3 Å². The third-order valence-electron chi connectivity index (χ3n) is 3.38. The lowest BCUT2D eigenvalue weighted by Crippen LogP contribution is -2.30. The van der Waals surface area contributed by atoms with Gasteiger partial charge in [-0.2, -0.15) is 0 Å². The van der Waals surface area contributed by atoms with Crippen LogP contribution in [0.5, 0.6) is 5.75 Å². The van der Waals surface area contributed by atoms with E-state index in [4.69, 9.17) is 9.47 Å². The number of rotatable bonds is 6. The van der Waals surface area contributed by atoms with Crippen molar-refractivity contribution in [3.63, 3.8) is 0 Å². The number of hydrogen-bond donors (Lipinski definition) is 1. The molecule has 0 radical (unpaired) electrons. The van der Waals surface area contributed by atoms with Gasteiger partial charge in [0.15, 0.2) is 6.10 Å². The first-order chi connectivity index (χ1) is 12.3. The van der Waals surface area contributed by atoms with Crippen molar-refractivity contribution in [3.8, 4) is 5.75 Å². The Hall–Kier alpha value is -3.49. The number of amides is 1. The average Bonchev–Trinajstić information content (AvgIpc) is 2.61. The summed E-state index contributed by atoms with van der Waals surface area (Å²) < 4.78 is 22.9. The second-order valence-electron chi connectivity index (χ2n) is 5.19. The zero-order valence-electron chi connectivity index (χ0n) is 13.9. The molecule has 0 spiro atoms. The van der Waals surface area contributed by atoms with Gasteiger partial charge < -0.3 is 14.8 Å². The maximum absolute atomic E-state index is 12.9. The van der Waals surface area contributed by atoms with E-state index in [9.17, 15) is 24.1 Å². The molecule has 0 saturated carbocycles. The molecule has 2 rings (SSSR count). The first kappa shape index (κ1) is 18.8. The number of non-ortho nitro benzene ring substituents is 1. The first-order valence-electron chi connectivity index (χ1n) is 7.41. The minimum absolute atomic E-state index is 0.0661. The Bertz CT molecular complexity index is 838. The van der Waals surface area contributed by atoms with Crippen molar-refractivity contribution < 1.29 is 28.4 Å². The Morgan fingerprint density at radius 3 is 2.42 bits per heavy atom. The first-order valence-corrected chi connectivity index (χ1v) is 7.41. The molecule has 8 nitrogen and oxygen atoms in total. The molecule has 0 aliphatic carbocycles. The van der Waals surface area contributed by atoms with Crippen LogP contribution in [0.3, 0.4) is 0 Å². The van der Waals surface area contributed by atoms with Gasteiger partial charge in [0.25, 0.3) is 11.6 Å². The quantitative estimate of drug-likeness (QED) is 0.481. The Morgan fingerprint density at radius 2 is 1.85 bits per heavy atom. The molecule has 136 valence electrons. The summed E-state index contributed by atoms with van der Waals surface area (Å²) in [5.74, 6) is -1.82. The van der Waals surface area contributed by atoms with E-state index in [0.717, 1.165) is 18.2 Å². The molecule has 0 bridgehead atoms. The molecule has 2 aromatic rings. The van der Waals surface area contributed by atoms with Crippen LogP contribution < -0.4 is 10.1 Å². The largest absolute Gasteiger partial charge is 0.495 e. The number of nitro groups is 1. The molecule has 0 heterocycles. The SMILES string of the molecule is COc1ccc([N+](=O)[O-])cc1NC(=O)[C@H](C)OC(=O)c1ccc(F)cc1. The van der Waals surface area contributed by atoms with Gasteiger partial charge in [-0.05, 0) is 37.3 Å². The molecular weight excluding hydrogens is 347 g/mol. The summed E-state index contributed by atoms with van der Waals surface area (Å²) in [6.07, 6.45) is -1.20. The summed E-state index contributed by atoms with van der Waals surface area (Å²) in [6.45, 7) is 1.33. The second-order valence-corrected chi connectivity index (χ2v) is 5.19. The third kappa shape index (κ3) is 4.53. The summed E-state index contributed by atoms with van der Waals surface area (Å²) in [4.78, 5) is 34.4. The Labute approximate surface area is 147 Å². The van der Waals surface area contributed by atoms with Crippen molar-refractivity contribution in [1.29, 1.82) is 0 Å². The fraction of sp³-hybridized carbons (Fsp3) is 0.176. The number of benzene rings is 2. The normalized spacial score (nSPS) is 11.3. The number of nitro benzene ring substituents is 1. The van der Waals surface area contributed by atoms with Gasteiger partial charge in [-0.15, -0.1) is 0 Å². The highest BCUT2D eigenvalue weighted by Gasteiger charge is 2.21. The van der Waals surface area contributed by atoms with Crippen LogP contribution in [0.4, 0.5) is 15.8 Å². The van der Waals surface area contributed by atoms with E-state index in [2.05, 4.69) is 5.32 Å². The maximum Gasteiger partial charge on any atom is 0.338 e. The number of anilines is 1. The van der Waals surface area contributed by atoms with Crippen molar-refractivity contribution in [2.45, 2.75) is 13.0 Å². The van der Waals surface area contributed by atoms with Gasteiger partial charge in [-0.3, -0.25) is 14.9 Å². The molecule has 9 heteroatoms. The van der Waals surface area contributed by atoms with Crippen molar-refractivity contribution in [1.82, 2.24) is 0 Å². The van der Waals surface area contributed by atoms with Crippen LogP contribution in [-0.2, 0) is 9.53 Å². The maximum atomic E-state index is 12.9. The monoisotopic (exact) mass is 362 g/mol. The summed E-state index contributed by atoms with van der Waals surface area (Å²) in [5.41, 5.74) is -0.0904. The number of carbonyl (C=O) groups excluding carboxylic acids is 2. The molecule has 0 aromatic heterocycles. The lowest BCUT2D eigenvalue weighted by atomic mass is 10.2. The molecule has 0 fully saturated rings. The van der Waals surface area contributed by atoms with Crippen molar-refractivity contribution in [2.75, 3.05) is 12.4 Å². The molecule has 1 amide bonds. The number of ether oxygens (including phenoxy) is 2. The summed E-state index contributed by atoms with van der Waals surface area (Å²) in [7, 11) is 1.34. The Balaban J connectivity index is 2.09. The highest BCUT2D eigenvalue weighted by Crippen LogP contribution is 2.29. The fourth-order valence-corrected chi connectivity index (χ4v) is 2.01. The fourth-order valence-electron chi connectivity index (χ4n) is 2.01. The predicted octanol–water partition coefficient (Wildman–Crippen LogP) is 2.93. The lowest BCUT2D eigenvalue weighted by molar-refractivity contribution is -0.384. The van der Waals surface area contributed by atoms with Gasteiger partial charge in [0.2, 0.25) is 0 Å². The minimum Gasteiger partial charge on any atom is -0.495 e. The Morgan fingerprint density at radius 1 is 1.19 bits per heavy atom. The van der Waals surface area contributed by atoms with Crippen molar-refractivity contribution >= 4 is 23.3 Å². The van der Waals surface area contributed by atoms with Gasteiger partial charge in [0.05, 0.1) is 23.3 Å². The number of nitrogens with one attached hydrogen (secondary N) is 1. The number of hydrogen-bond acceptors (Lipinski definition) is 6. The smallest absolute Gasteiger partial charge is 0.338 e. The van der Waals surface area contributed by atoms with Gasteiger partial charge >= 0.3 is 5.97 Å². The standard InChI is InChI=1S/C17H15FN2O6/c1-10(26-17(22)11-3-5-12(18)6-4-11)16(21)19-14-9-13(20(23)24)7-8-15(14)25-2/h3-10H,1-2H3,(H,19,21)/t10-/m0/s1. The van der Waals surface area contributed by atoms with E-state index in [1.807, 2.05) is 0 Å². The van der Waals surface area contributed by atoms with Crippen molar-refractivity contribution in [3.05, 3.63) is 64.0 Å². The van der Waals surface area contributed by atoms with E-state index in [1.54, 1.807) is 0 Å². The van der Waals surface area contributed by atoms with E-state index in [1.165, 1.54) is 38.3 Å². The second kappa shape index (κ2) is 8.06. The molecule has 1 N–H and O–H groups in total. The van der Waals surface area contributed by atoms with Crippen LogP contribution in [0.25, 0.3) is 0 Å². The van der Waals surface area contributed by atoms with Gasteiger partial charge in [-0.25, -0.2) is 9.18 Å². The van der Waals surface area contributed by atoms with Crippen LogP contribution >= 0.6 is 0 Å². The molecule has 1 atom stereocenters. The molecule has 0 saturated heterocycles. The number of halogens is 1. The van der Waals surface area contributed by atoms with Crippen LogP contribution in [0.2, 0.25) is 0 Å². The molecule has 0 aliphatic rings. The summed E-state index contributed by atoms with van der Waals surface area (Å²) in [5, 5.41) is 13.3. The molecule has 26 heavy (non-hydrogen) atoms. The van der Waals surface area contributed by atoms with Crippen LogP contribution in [0.15, 0.2) is 42.5 Å². The summed E-state index contributed by atoms with van der Waals surface area (Å²) >= 11 is 0. The highest BCUT2D eigenvalue weighted by atomic mass is 19.1. The molecular formula is C17H15FN2O6. The Kier molecular flexibility index (Phi) is 5.84. The van der Waals surface area contributed by atoms with E-state index in [-0.39, 0.29) is 22.7 Å². The number of methoxy groups -OCH3 is 1. The average molecular weight is 362 g/mol. The van der Waals surface area contributed by atoms with Crippen LogP contribution in [0, 0.1) is 15.9 Å². The topological polar surface area (TPSA) is 108 Å². The van der Waals surface area contributed by atoms with E-state index < -0.39 is 28.7 Å². The zero-order chi connectivity index (χ0) is 19.3.